The molecule has 2 heterocycles. The average Bonchev–Trinajstić information content (AvgIpc) is 3.05. The molecule has 23 heavy (non-hydrogen) atoms. The Labute approximate surface area is 138 Å². The van der Waals surface area contributed by atoms with E-state index in [-0.39, 0.29) is 18.2 Å². The van der Waals surface area contributed by atoms with E-state index in [1.165, 1.54) is 11.3 Å². The number of carbonyl (C=O) groups excluding carboxylic acids is 2. The maximum absolute atomic E-state index is 12.8. The normalized spacial score (nSPS) is 16.4. The fourth-order valence-electron chi connectivity index (χ4n) is 2.75. The number of thiazole rings is 1. The fraction of sp³-hybridized carbons (Fsp3) is 0.312. The van der Waals surface area contributed by atoms with E-state index in [4.69, 9.17) is 4.74 Å². The summed E-state index contributed by atoms with van der Waals surface area (Å²) in [6.07, 6.45) is 0.139. The number of ether oxygens (including phenoxy) is 1. The van der Waals surface area contributed by atoms with Crippen LogP contribution in [-0.2, 0) is 16.1 Å². The number of anilines is 1. The smallest absolute Gasteiger partial charge is 0.230 e. The molecule has 0 spiro atoms. The van der Waals surface area contributed by atoms with Crippen LogP contribution in [0, 0.1) is 0 Å². The van der Waals surface area contributed by atoms with Gasteiger partial charge in [-0.05, 0) is 11.6 Å². The van der Waals surface area contributed by atoms with Gasteiger partial charge in [0.15, 0.2) is 0 Å². The standard InChI is InChI=1S/C16H17N3O3S/c1-19(7-10-8-23-9-17-10)16(21)12-6-14(20)18-15-11(12)4-3-5-13(15)22-2/h3-5,8-9,12H,6-7H2,1-2H3,(H,18,20)/t12-/m0/s1. The Hall–Kier alpha value is -2.41. The number of amides is 2. The first-order chi connectivity index (χ1) is 11.1. The quantitative estimate of drug-likeness (QED) is 0.932. The summed E-state index contributed by atoms with van der Waals surface area (Å²) in [6, 6.07) is 5.46. The molecule has 1 aromatic carbocycles. The van der Waals surface area contributed by atoms with Crippen molar-refractivity contribution >= 4 is 28.8 Å². The molecule has 0 saturated carbocycles. The topological polar surface area (TPSA) is 71.5 Å². The van der Waals surface area contributed by atoms with Crippen LogP contribution in [0.15, 0.2) is 29.1 Å². The van der Waals surface area contributed by atoms with Crippen molar-refractivity contribution in [3.05, 3.63) is 40.3 Å². The number of benzene rings is 1. The summed E-state index contributed by atoms with van der Waals surface area (Å²) < 4.78 is 5.29. The lowest BCUT2D eigenvalue weighted by molar-refractivity contribution is -0.134. The van der Waals surface area contributed by atoms with Crippen molar-refractivity contribution in [3.8, 4) is 5.75 Å². The molecule has 0 fully saturated rings. The van der Waals surface area contributed by atoms with Crippen LogP contribution in [0.1, 0.15) is 23.6 Å². The summed E-state index contributed by atoms with van der Waals surface area (Å²) in [6.45, 7) is 0.430. The van der Waals surface area contributed by atoms with Gasteiger partial charge in [-0.15, -0.1) is 11.3 Å². The Kier molecular flexibility index (Phi) is 4.29. The van der Waals surface area contributed by atoms with Crippen molar-refractivity contribution in [3.63, 3.8) is 0 Å². The predicted octanol–water partition coefficient (Wildman–Crippen LogP) is 2.24. The van der Waals surface area contributed by atoms with E-state index < -0.39 is 5.92 Å². The van der Waals surface area contributed by atoms with Crippen LogP contribution in [0.4, 0.5) is 5.69 Å². The van der Waals surface area contributed by atoms with Gasteiger partial charge in [-0.3, -0.25) is 9.59 Å². The number of aromatic nitrogens is 1. The van der Waals surface area contributed by atoms with Gasteiger partial charge >= 0.3 is 0 Å². The summed E-state index contributed by atoms with van der Waals surface area (Å²) in [5.41, 5.74) is 3.96. The lowest BCUT2D eigenvalue weighted by Crippen LogP contribution is -2.36. The van der Waals surface area contributed by atoms with Gasteiger partial charge in [0, 0.05) is 18.8 Å². The van der Waals surface area contributed by atoms with Crippen molar-refractivity contribution in [2.24, 2.45) is 0 Å². The van der Waals surface area contributed by atoms with Gasteiger partial charge in [-0.1, -0.05) is 12.1 Å². The molecule has 6 nitrogen and oxygen atoms in total. The molecule has 7 heteroatoms. The van der Waals surface area contributed by atoms with E-state index in [0.717, 1.165) is 11.3 Å². The second-order valence-corrected chi connectivity index (χ2v) is 6.12. The molecule has 1 aliphatic rings. The molecule has 2 aromatic rings. The molecule has 2 amide bonds. The third kappa shape index (κ3) is 3.05. The van der Waals surface area contributed by atoms with Crippen molar-refractivity contribution in [2.45, 2.75) is 18.9 Å². The second kappa shape index (κ2) is 6.37. The SMILES string of the molecule is COc1cccc2c1NC(=O)C[C@@H]2C(=O)N(C)Cc1cscn1. The molecular weight excluding hydrogens is 314 g/mol. The van der Waals surface area contributed by atoms with Crippen LogP contribution in [0.2, 0.25) is 0 Å². The third-order valence-electron chi connectivity index (χ3n) is 3.86. The summed E-state index contributed by atoms with van der Waals surface area (Å²) in [5.74, 6) is -0.210. The van der Waals surface area contributed by atoms with Gasteiger partial charge < -0.3 is 15.0 Å². The summed E-state index contributed by atoms with van der Waals surface area (Å²) in [4.78, 5) is 30.6. The van der Waals surface area contributed by atoms with Gasteiger partial charge in [0.05, 0.1) is 36.5 Å². The lowest BCUT2D eigenvalue weighted by Gasteiger charge is -2.29. The van der Waals surface area contributed by atoms with Gasteiger partial charge in [0.2, 0.25) is 11.8 Å². The maximum Gasteiger partial charge on any atom is 0.230 e. The number of nitrogens with zero attached hydrogens (tertiary/aromatic N) is 2. The fourth-order valence-corrected chi connectivity index (χ4v) is 3.30. The van der Waals surface area contributed by atoms with E-state index in [9.17, 15) is 9.59 Å². The Bertz CT molecular complexity index is 730. The molecule has 0 radical (unpaired) electrons. The maximum atomic E-state index is 12.8. The molecule has 1 N–H and O–H groups in total. The van der Waals surface area contributed by atoms with Crippen LogP contribution >= 0.6 is 11.3 Å². The molecule has 0 bridgehead atoms. The Morgan fingerprint density at radius 2 is 2.35 bits per heavy atom. The zero-order valence-corrected chi connectivity index (χ0v) is 13.7. The summed E-state index contributed by atoms with van der Waals surface area (Å²) in [5, 5.41) is 4.71. The van der Waals surface area contributed by atoms with Gasteiger partial charge in [-0.2, -0.15) is 0 Å². The van der Waals surface area contributed by atoms with Crippen molar-refractivity contribution in [2.75, 3.05) is 19.5 Å². The number of para-hydroxylation sites is 1. The van der Waals surface area contributed by atoms with Crippen molar-refractivity contribution in [1.82, 2.24) is 9.88 Å². The summed E-state index contributed by atoms with van der Waals surface area (Å²) >= 11 is 1.49. The number of nitrogens with one attached hydrogen (secondary N) is 1. The Morgan fingerprint density at radius 3 is 3.04 bits per heavy atom. The number of rotatable bonds is 4. The largest absolute Gasteiger partial charge is 0.495 e. The van der Waals surface area contributed by atoms with Crippen molar-refractivity contribution in [1.29, 1.82) is 0 Å². The first-order valence-corrected chi connectivity index (χ1v) is 8.13. The monoisotopic (exact) mass is 331 g/mol. The third-order valence-corrected chi connectivity index (χ3v) is 4.50. The molecular formula is C16H17N3O3S. The Balaban J connectivity index is 1.88. The minimum Gasteiger partial charge on any atom is -0.495 e. The molecule has 120 valence electrons. The van der Waals surface area contributed by atoms with Gasteiger partial charge in [0.1, 0.15) is 5.75 Å². The van der Waals surface area contributed by atoms with E-state index in [1.54, 1.807) is 30.6 Å². The lowest BCUT2D eigenvalue weighted by atomic mass is 9.89. The van der Waals surface area contributed by atoms with Gasteiger partial charge in [0.25, 0.3) is 0 Å². The Morgan fingerprint density at radius 1 is 1.52 bits per heavy atom. The highest BCUT2D eigenvalue weighted by Crippen LogP contribution is 2.39. The number of carbonyl (C=O) groups is 2. The average molecular weight is 331 g/mol. The first-order valence-electron chi connectivity index (χ1n) is 7.19. The second-order valence-electron chi connectivity index (χ2n) is 5.40. The number of hydrogen-bond donors (Lipinski definition) is 1. The predicted molar refractivity (Wildman–Crippen MR) is 87.6 cm³/mol. The molecule has 0 saturated heterocycles. The van der Waals surface area contributed by atoms with E-state index in [2.05, 4.69) is 10.3 Å². The molecule has 1 aromatic heterocycles. The highest BCUT2D eigenvalue weighted by molar-refractivity contribution is 7.07. The van der Waals surface area contributed by atoms with Crippen LogP contribution < -0.4 is 10.1 Å². The first kappa shape index (κ1) is 15.5. The van der Waals surface area contributed by atoms with E-state index >= 15 is 0 Å². The molecule has 0 unspecified atom stereocenters. The van der Waals surface area contributed by atoms with E-state index in [0.29, 0.717) is 18.0 Å². The minimum absolute atomic E-state index is 0.0950. The zero-order chi connectivity index (χ0) is 16.4. The summed E-state index contributed by atoms with van der Waals surface area (Å²) in [7, 11) is 3.27. The number of methoxy groups -OCH3 is 1. The van der Waals surface area contributed by atoms with Gasteiger partial charge in [-0.25, -0.2) is 4.98 Å². The highest BCUT2D eigenvalue weighted by Gasteiger charge is 2.34. The van der Waals surface area contributed by atoms with Crippen molar-refractivity contribution < 1.29 is 14.3 Å². The molecule has 1 aliphatic heterocycles. The molecule has 1 atom stereocenters. The molecule has 0 aliphatic carbocycles. The number of likely N-dealkylation sites (N-methyl/N-ethyl adjacent to an activating group) is 1. The highest BCUT2D eigenvalue weighted by atomic mass is 32.1. The molecule has 3 rings (SSSR count). The minimum atomic E-state index is -0.502. The van der Waals surface area contributed by atoms with Crippen LogP contribution in [-0.4, -0.2) is 35.9 Å². The van der Waals surface area contributed by atoms with Crippen LogP contribution in [0.3, 0.4) is 0 Å². The zero-order valence-electron chi connectivity index (χ0n) is 12.9. The number of fused-ring (bicyclic) bond motifs is 1. The number of hydrogen-bond acceptors (Lipinski definition) is 5. The van der Waals surface area contributed by atoms with Crippen LogP contribution in [0.25, 0.3) is 0 Å². The van der Waals surface area contributed by atoms with Crippen LogP contribution in [0.5, 0.6) is 5.75 Å². The van der Waals surface area contributed by atoms with E-state index in [1.807, 2.05) is 17.5 Å².